The highest BCUT2D eigenvalue weighted by Crippen LogP contribution is 2.32. The van der Waals surface area contributed by atoms with E-state index in [4.69, 9.17) is 4.98 Å². The van der Waals surface area contributed by atoms with Crippen LogP contribution >= 0.6 is 0 Å². The van der Waals surface area contributed by atoms with Crippen molar-refractivity contribution in [3.05, 3.63) is 65.6 Å². The van der Waals surface area contributed by atoms with Gasteiger partial charge in [0.1, 0.15) is 0 Å². The molecular formula is C29H38N4O. The molecule has 1 aliphatic carbocycles. The van der Waals surface area contributed by atoms with Gasteiger partial charge >= 0.3 is 0 Å². The Morgan fingerprint density at radius 2 is 1.85 bits per heavy atom. The first-order chi connectivity index (χ1) is 16.7. The summed E-state index contributed by atoms with van der Waals surface area (Å²) in [5.41, 5.74) is 4.75. The molecule has 1 saturated carbocycles. The number of carbonyl (C=O) groups is 1. The topological polar surface area (TPSA) is 50.2 Å². The van der Waals surface area contributed by atoms with Crippen molar-refractivity contribution in [2.45, 2.75) is 82.8 Å². The monoisotopic (exact) mass is 458 g/mol. The minimum absolute atomic E-state index is 0.115. The summed E-state index contributed by atoms with van der Waals surface area (Å²) in [7, 11) is 2.07. The number of carbonyl (C=O) groups excluding carboxylic acids is 1. The van der Waals surface area contributed by atoms with Gasteiger partial charge in [-0.3, -0.25) is 9.78 Å². The van der Waals surface area contributed by atoms with E-state index >= 15 is 0 Å². The van der Waals surface area contributed by atoms with Crippen molar-refractivity contribution in [3.8, 4) is 0 Å². The number of pyridine rings is 1. The molecule has 2 aliphatic rings. The third-order valence-corrected chi connectivity index (χ3v) is 7.80. The highest BCUT2D eigenvalue weighted by atomic mass is 16.2. The van der Waals surface area contributed by atoms with Crippen LogP contribution in [-0.4, -0.2) is 32.9 Å². The molecule has 0 bridgehead atoms. The Bertz CT molecular complexity index is 1100. The number of benzene rings is 1. The molecule has 34 heavy (non-hydrogen) atoms. The van der Waals surface area contributed by atoms with E-state index in [9.17, 15) is 4.79 Å². The van der Waals surface area contributed by atoms with Crippen molar-refractivity contribution in [2.24, 2.45) is 7.05 Å². The minimum Gasteiger partial charge on any atom is -0.350 e. The molecule has 1 unspecified atom stereocenters. The van der Waals surface area contributed by atoms with Crippen LogP contribution in [0.2, 0.25) is 0 Å². The Morgan fingerprint density at radius 3 is 2.65 bits per heavy atom. The molecule has 0 spiro atoms. The van der Waals surface area contributed by atoms with E-state index in [0.29, 0.717) is 12.5 Å². The van der Waals surface area contributed by atoms with Crippen LogP contribution < -0.4 is 5.32 Å². The van der Waals surface area contributed by atoms with Crippen molar-refractivity contribution < 1.29 is 4.79 Å². The summed E-state index contributed by atoms with van der Waals surface area (Å²) in [5.74, 6) is 0.247. The Hall–Kier alpha value is -2.66. The fourth-order valence-corrected chi connectivity index (χ4v) is 5.87. The summed E-state index contributed by atoms with van der Waals surface area (Å²) < 4.78 is 2.16. The molecule has 1 saturated heterocycles. The van der Waals surface area contributed by atoms with Crippen molar-refractivity contribution in [1.82, 2.24) is 19.8 Å². The van der Waals surface area contributed by atoms with Gasteiger partial charge < -0.3 is 14.8 Å². The van der Waals surface area contributed by atoms with Gasteiger partial charge in [-0.1, -0.05) is 49.9 Å². The number of nitrogens with one attached hydrogen (secondary N) is 1. The number of para-hydroxylation sites is 1. The third-order valence-electron chi connectivity index (χ3n) is 7.80. The summed E-state index contributed by atoms with van der Waals surface area (Å²) in [4.78, 5) is 20.1. The average molecular weight is 459 g/mol. The van der Waals surface area contributed by atoms with Gasteiger partial charge in [0, 0.05) is 55.9 Å². The van der Waals surface area contributed by atoms with Gasteiger partial charge in [-0.05, 0) is 55.4 Å². The first-order valence-electron chi connectivity index (χ1n) is 13.2. The van der Waals surface area contributed by atoms with Crippen LogP contribution in [0.4, 0.5) is 0 Å². The van der Waals surface area contributed by atoms with E-state index in [1.54, 1.807) is 0 Å². The predicted molar refractivity (Wildman–Crippen MR) is 137 cm³/mol. The molecule has 180 valence electrons. The summed E-state index contributed by atoms with van der Waals surface area (Å²) in [6.07, 6.45) is 15.6. The number of likely N-dealkylation sites (tertiary alicyclic amines) is 1. The first kappa shape index (κ1) is 23.1. The average Bonchev–Trinajstić information content (AvgIpc) is 3.38. The number of amides is 1. The molecule has 1 atom stereocenters. The van der Waals surface area contributed by atoms with Crippen molar-refractivity contribution in [1.29, 1.82) is 0 Å². The Labute approximate surface area is 203 Å². The van der Waals surface area contributed by atoms with Crippen LogP contribution in [0.3, 0.4) is 0 Å². The van der Waals surface area contributed by atoms with Gasteiger partial charge in [0.2, 0.25) is 5.91 Å². The third kappa shape index (κ3) is 5.20. The first-order valence-corrected chi connectivity index (χ1v) is 13.2. The van der Waals surface area contributed by atoms with Crippen LogP contribution in [0.1, 0.15) is 80.7 Å². The summed E-state index contributed by atoms with van der Waals surface area (Å²) in [5, 5.41) is 4.99. The number of aromatic nitrogens is 2. The quantitative estimate of drug-likeness (QED) is 0.463. The summed E-state index contributed by atoms with van der Waals surface area (Å²) in [6, 6.07) is 13.5. The number of nitrogens with zero attached hydrogens (tertiary/aromatic N) is 3. The van der Waals surface area contributed by atoms with E-state index in [-0.39, 0.29) is 11.9 Å². The number of hydrogen-bond donors (Lipinski definition) is 1. The molecule has 3 aromatic rings. The molecular weight excluding hydrogens is 420 g/mol. The normalized spacial score (nSPS) is 19.6. The van der Waals surface area contributed by atoms with E-state index in [1.807, 2.05) is 6.20 Å². The van der Waals surface area contributed by atoms with E-state index in [1.165, 1.54) is 60.6 Å². The molecule has 5 rings (SSSR count). The Kier molecular flexibility index (Phi) is 7.29. The molecule has 1 amide bonds. The lowest BCUT2D eigenvalue weighted by Gasteiger charge is -2.24. The number of rotatable bonds is 7. The van der Waals surface area contributed by atoms with Gasteiger partial charge in [-0.25, -0.2) is 0 Å². The van der Waals surface area contributed by atoms with E-state index < -0.39 is 0 Å². The largest absolute Gasteiger partial charge is 0.350 e. The van der Waals surface area contributed by atoms with Gasteiger partial charge in [-0.15, -0.1) is 0 Å². The summed E-state index contributed by atoms with van der Waals surface area (Å²) >= 11 is 0. The lowest BCUT2D eigenvalue weighted by molar-refractivity contribution is -0.132. The SMILES string of the molecule is Cn1cc(CCC(=O)N2CCCC2c2ccc(CNC3CCCCCC3)cn2)c2ccccc21. The van der Waals surface area contributed by atoms with Gasteiger partial charge in [-0.2, -0.15) is 0 Å². The van der Waals surface area contributed by atoms with Crippen molar-refractivity contribution >= 4 is 16.8 Å². The summed E-state index contributed by atoms with van der Waals surface area (Å²) in [6.45, 7) is 1.72. The number of hydrogen-bond acceptors (Lipinski definition) is 3. The Morgan fingerprint density at radius 1 is 1.03 bits per heavy atom. The van der Waals surface area contributed by atoms with E-state index in [2.05, 4.69) is 64.4 Å². The molecule has 1 aromatic carbocycles. The van der Waals surface area contributed by atoms with Crippen LogP contribution in [0.15, 0.2) is 48.8 Å². The second kappa shape index (κ2) is 10.7. The second-order valence-corrected chi connectivity index (χ2v) is 10.2. The standard InChI is InChI=1S/C29H38N4O/c1-32-21-23(25-11-6-7-12-27(25)32)15-17-29(34)33-18-8-13-28(33)26-16-14-22(20-31-26)19-30-24-9-4-2-3-5-10-24/h6-7,11-12,14,16,20-21,24,28,30H,2-5,8-10,13,15,17-19H2,1H3. The fraction of sp³-hybridized carbons (Fsp3) is 0.517. The van der Waals surface area contributed by atoms with E-state index in [0.717, 1.165) is 38.0 Å². The smallest absolute Gasteiger partial charge is 0.223 e. The highest BCUT2D eigenvalue weighted by Gasteiger charge is 2.30. The van der Waals surface area contributed by atoms with Crippen LogP contribution in [0.5, 0.6) is 0 Å². The molecule has 2 aromatic heterocycles. The molecule has 3 heterocycles. The second-order valence-electron chi connectivity index (χ2n) is 10.2. The molecule has 5 heteroatoms. The zero-order chi connectivity index (χ0) is 23.3. The maximum absolute atomic E-state index is 13.2. The maximum atomic E-state index is 13.2. The predicted octanol–water partition coefficient (Wildman–Crippen LogP) is 5.68. The van der Waals surface area contributed by atoms with Crippen LogP contribution in [-0.2, 0) is 24.8 Å². The van der Waals surface area contributed by atoms with Gasteiger partial charge in [0.15, 0.2) is 0 Å². The molecule has 0 radical (unpaired) electrons. The van der Waals surface area contributed by atoms with Crippen LogP contribution in [0, 0.1) is 0 Å². The molecule has 1 N–H and O–H groups in total. The molecule has 1 aliphatic heterocycles. The highest BCUT2D eigenvalue weighted by molar-refractivity contribution is 5.85. The zero-order valence-electron chi connectivity index (χ0n) is 20.5. The van der Waals surface area contributed by atoms with Gasteiger partial charge in [0.25, 0.3) is 0 Å². The lowest BCUT2D eigenvalue weighted by Crippen LogP contribution is -2.31. The fourth-order valence-electron chi connectivity index (χ4n) is 5.87. The molecule has 5 nitrogen and oxygen atoms in total. The molecule has 2 fully saturated rings. The van der Waals surface area contributed by atoms with Crippen molar-refractivity contribution in [3.63, 3.8) is 0 Å². The zero-order valence-corrected chi connectivity index (χ0v) is 20.5. The number of fused-ring (bicyclic) bond motifs is 1. The maximum Gasteiger partial charge on any atom is 0.223 e. The lowest BCUT2D eigenvalue weighted by atomic mass is 10.1. The number of aryl methyl sites for hydroxylation is 2. The van der Waals surface area contributed by atoms with Crippen LogP contribution in [0.25, 0.3) is 10.9 Å². The Balaban J connectivity index is 1.18. The van der Waals surface area contributed by atoms with Crippen molar-refractivity contribution in [2.75, 3.05) is 6.54 Å². The van der Waals surface area contributed by atoms with Gasteiger partial charge in [0.05, 0.1) is 11.7 Å². The minimum atomic E-state index is 0.115.